The van der Waals surface area contributed by atoms with Gasteiger partial charge in [-0.25, -0.2) is 17.2 Å². The number of hydrogen-bond acceptors (Lipinski definition) is 3. The highest BCUT2D eigenvalue weighted by molar-refractivity contribution is 7.88. The number of carbonyl (C=O) groups excluding carboxylic acids is 1. The van der Waals surface area contributed by atoms with E-state index in [0.29, 0.717) is 12.8 Å². The average molecular weight is 304 g/mol. The molecule has 1 amide bonds. The van der Waals surface area contributed by atoms with Crippen molar-refractivity contribution in [2.45, 2.75) is 18.9 Å². The van der Waals surface area contributed by atoms with Crippen LogP contribution in [-0.4, -0.2) is 37.5 Å². The molecular weight excluding hydrogens is 290 g/mol. The first-order chi connectivity index (χ1) is 9.29. The summed E-state index contributed by atoms with van der Waals surface area (Å²) in [5, 5.41) is 2.40. The van der Waals surface area contributed by atoms with Gasteiger partial charge >= 0.3 is 0 Å². The van der Waals surface area contributed by atoms with Gasteiger partial charge in [0.2, 0.25) is 15.9 Å². The zero-order valence-corrected chi connectivity index (χ0v) is 11.6. The molecule has 1 heterocycles. The predicted octanol–water partition coefficient (Wildman–Crippen LogP) is 1.33. The SMILES string of the molecule is CS(=O)(=O)N1CCCC1C(=O)Nc1ccc(F)c(F)c1. The molecule has 20 heavy (non-hydrogen) atoms. The lowest BCUT2D eigenvalue weighted by Gasteiger charge is -2.21. The Hall–Kier alpha value is -1.54. The molecule has 1 aliphatic rings. The molecule has 1 unspecified atom stereocenters. The van der Waals surface area contributed by atoms with Crippen LogP contribution in [0.5, 0.6) is 0 Å². The number of sulfonamides is 1. The maximum Gasteiger partial charge on any atom is 0.242 e. The third-order valence-electron chi connectivity index (χ3n) is 3.12. The molecule has 110 valence electrons. The normalized spacial score (nSPS) is 20.1. The third-order valence-corrected chi connectivity index (χ3v) is 4.41. The molecule has 1 aliphatic heterocycles. The van der Waals surface area contributed by atoms with Crippen LogP contribution in [0, 0.1) is 11.6 Å². The van der Waals surface area contributed by atoms with Crippen molar-refractivity contribution in [3.8, 4) is 0 Å². The van der Waals surface area contributed by atoms with Gasteiger partial charge in [0.1, 0.15) is 6.04 Å². The Morgan fingerprint density at radius 2 is 2.05 bits per heavy atom. The predicted molar refractivity (Wildman–Crippen MR) is 69.6 cm³/mol. The minimum absolute atomic E-state index is 0.0919. The molecule has 1 atom stereocenters. The monoisotopic (exact) mass is 304 g/mol. The van der Waals surface area contributed by atoms with Crippen LogP contribution >= 0.6 is 0 Å². The lowest BCUT2D eigenvalue weighted by Crippen LogP contribution is -2.42. The van der Waals surface area contributed by atoms with Crippen molar-refractivity contribution in [3.63, 3.8) is 0 Å². The number of nitrogens with one attached hydrogen (secondary N) is 1. The van der Waals surface area contributed by atoms with E-state index in [-0.39, 0.29) is 12.2 Å². The van der Waals surface area contributed by atoms with Gasteiger partial charge in [-0.15, -0.1) is 0 Å². The molecule has 0 bridgehead atoms. The van der Waals surface area contributed by atoms with Crippen molar-refractivity contribution in [1.82, 2.24) is 4.31 Å². The molecule has 1 aromatic carbocycles. The topological polar surface area (TPSA) is 66.5 Å². The number of nitrogens with zero attached hydrogens (tertiary/aromatic N) is 1. The van der Waals surface area contributed by atoms with Crippen molar-refractivity contribution in [2.24, 2.45) is 0 Å². The van der Waals surface area contributed by atoms with E-state index in [1.54, 1.807) is 0 Å². The first-order valence-corrected chi connectivity index (χ1v) is 7.86. The molecule has 5 nitrogen and oxygen atoms in total. The van der Waals surface area contributed by atoms with Gasteiger partial charge in [-0.2, -0.15) is 4.31 Å². The summed E-state index contributed by atoms with van der Waals surface area (Å²) < 4.78 is 50.0. The highest BCUT2D eigenvalue weighted by Crippen LogP contribution is 2.22. The summed E-state index contributed by atoms with van der Waals surface area (Å²) in [5.74, 6) is -2.63. The van der Waals surface area contributed by atoms with Crippen molar-refractivity contribution in [1.29, 1.82) is 0 Å². The number of benzene rings is 1. The zero-order chi connectivity index (χ0) is 14.9. The number of rotatable bonds is 3. The first-order valence-electron chi connectivity index (χ1n) is 6.02. The van der Waals surface area contributed by atoms with Crippen LogP contribution in [-0.2, 0) is 14.8 Å². The summed E-state index contributed by atoms with van der Waals surface area (Å²) in [6.07, 6.45) is 2.03. The maximum absolute atomic E-state index is 13.0. The molecule has 0 saturated carbocycles. The van der Waals surface area contributed by atoms with Crippen LogP contribution in [0.2, 0.25) is 0 Å². The summed E-state index contributed by atoms with van der Waals surface area (Å²) in [6, 6.07) is 2.16. The van der Waals surface area contributed by atoms with E-state index in [1.807, 2.05) is 0 Å². The van der Waals surface area contributed by atoms with Gasteiger partial charge in [-0.05, 0) is 25.0 Å². The Kier molecular flexibility index (Phi) is 4.05. The maximum atomic E-state index is 13.0. The highest BCUT2D eigenvalue weighted by atomic mass is 32.2. The minimum atomic E-state index is -3.47. The summed E-state index contributed by atoms with van der Waals surface area (Å²) >= 11 is 0. The third kappa shape index (κ3) is 3.13. The fourth-order valence-electron chi connectivity index (χ4n) is 2.20. The van der Waals surface area contributed by atoms with Crippen molar-refractivity contribution in [3.05, 3.63) is 29.8 Å². The van der Waals surface area contributed by atoms with E-state index in [0.717, 1.165) is 22.7 Å². The summed E-state index contributed by atoms with van der Waals surface area (Å²) in [4.78, 5) is 12.0. The van der Waals surface area contributed by atoms with Crippen LogP contribution < -0.4 is 5.32 Å². The molecule has 1 aromatic rings. The van der Waals surface area contributed by atoms with Gasteiger partial charge in [-0.1, -0.05) is 0 Å². The van der Waals surface area contributed by atoms with Crippen LogP contribution in [0.25, 0.3) is 0 Å². The molecule has 1 saturated heterocycles. The highest BCUT2D eigenvalue weighted by Gasteiger charge is 2.36. The quantitative estimate of drug-likeness (QED) is 0.916. The second kappa shape index (κ2) is 5.45. The van der Waals surface area contributed by atoms with Gasteiger partial charge in [-0.3, -0.25) is 4.79 Å². The lowest BCUT2D eigenvalue weighted by atomic mass is 10.2. The van der Waals surface area contributed by atoms with E-state index in [1.165, 1.54) is 6.07 Å². The summed E-state index contributed by atoms with van der Waals surface area (Å²) in [5.41, 5.74) is 0.0919. The second-order valence-electron chi connectivity index (χ2n) is 4.65. The molecule has 0 aromatic heterocycles. The first kappa shape index (κ1) is 14.9. The molecule has 2 rings (SSSR count). The summed E-state index contributed by atoms with van der Waals surface area (Å²) in [7, 11) is -3.47. The van der Waals surface area contributed by atoms with Gasteiger partial charge in [0.15, 0.2) is 11.6 Å². The van der Waals surface area contributed by atoms with E-state index in [9.17, 15) is 22.0 Å². The Morgan fingerprint density at radius 1 is 1.35 bits per heavy atom. The summed E-state index contributed by atoms with van der Waals surface area (Å²) in [6.45, 7) is 0.286. The largest absolute Gasteiger partial charge is 0.325 e. The van der Waals surface area contributed by atoms with Crippen LogP contribution in [0.4, 0.5) is 14.5 Å². The molecular formula is C12H14F2N2O3S. The Labute approximate surface area is 115 Å². The molecule has 0 spiro atoms. The van der Waals surface area contributed by atoms with Gasteiger partial charge in [0.05, 0.1) is 6.26 Å². The fraction of sp³-hybridized carbons (Fsp3) is 0.417. The van der Waals surface area contributed by atoms with Crippen molar-refractivity contribution in [2.75, 3.05) is 18.1 Å². The zero-order valence-electron chi connectivity index (χ0n) is 10.8. The van der Waals surface area contributed by atoms with Crippen molar-refractivity contribution >= 4 is 21.6 Å². The number of anilines is 1. The van der Waals surface area contributed by atoms with Crippen molar-refractivity contribution < 1.29 is 22.0 Å². The number of halogens is 2. The van der Waals surface area contributed by atoms with E-state index >= 15 is 0 Å². The second-order valence-corrected chi connectivity index (χ2v) is 6.58. The standard InChI is InChI=1S/C12H14F2N2O3S/c1-20(18,19)16-6-2-3-11(16)12(17)15-8-4-5-9(13)10(14)7-8/h4-5,7,11H,2-3,6H2,1H3,(H,15,17). The number of carbonyl (C=O) groups is 1. The smallest absolute Gasteiger partial charge is 0.242 e. The van der Waals surface area contributed by atoms with E-state index < -0.39 is 33.6 Å². The van der Waals surface area contributed by atoms with Crippen LogP contribution in [0.1, 0.15) is 12.8 Å². The van der Waals surface area contributed by atoms with Gasteiger partial charge in [0.25, 0.3) is 0 Å². The van der Waals surface area contributed by atoms with Crippen LogP contribution in [0.15, 0.2) is 18.2 Å². The van der Waals surface area contributed by atoms with Crippen LogP contribution in [0.3, 0.4) is 0 Å². The lowest BCUT2D eigenvalue weighted by molar-refractivity contribution is -0.119. The Balaban J connectivity index is 2.13. The fourth-order valence-corrected chi connectivity index (χ4v) is 3.32. The molecule has 8 heteroatoms. The van der Waals surface area contributed by atoms with Gasteiger partial charge < -0.3 is 5.32 Å². The number of amides is 1. The number of hydrogen-bond donors (Lipinski definition) is 1. The van der Waals surface area contributed by atoms with E-state index in [4.69, 9.17) is 0 Å². The molecule has 1 N–H and O–H groups in total. The van der Waals surface area contributed by atoms with E-state index in [2.05, 4.69) is 5.32 Å². The molecule has 1 fully saturated rings. The molecule has 0 aliphatic carbocycles. The Morgan fingerprint density at radius 3 is 2.65 bits per heavy atom. The Bertz CT molecular complexity index is 634. The molecule has 0 radical (unpaired) electrons. The minimum Gasteiger partial charge on any atom is -0.325 e. The average Bonchev–Trinajstić information content (AvgIpc) is 2.83. The van der Waals surface area contributed by atoms with Gasteiger partial charge in [0, 0.05) is 18.3 Å².